The lowest BCUT2D eigenvalue weighted by Gasteiger charge is -2.26. The number of rotatable bonds is 4. The van der Waals surface area contributed by atoms with Crippen LogP contribution in [0.1, 0.15) is 37.6 Å². The van der Waals surface area contributed by atoms with E-state index in [4.69, 9.17) is 5.73 Å². The van der Waals surface area contributed by atoms with E-state index < -0.39 is 0 Å². The summed E-state index contributed by atoms with van der Waals surface area (Å²) in [4.78, 5) is 17.8. The molecule has 2 N–H and O–H groups in total. The fraction of sp³-hybridized carbons (Fsp3) is 0.538. The summed E-state index contributed by atoms with van der Waals surface area (Å²) in [5, 5.41) is 0. The predicted octanol–water partition coefficient (Wildman–Crippen LogP) is 2.17. The lowest BCUT2D eigenvalue weighted by atomic mass is 10.0. The van der Waals surface area contributed by atoms with Gasteiger partial charge < -0.3 is 10.6 Å². The Kier molecular flexibility index (Phi) is 4.49. The van der Waals surface area contributed by atoms with E-state index in [9.17, 15) is 4.79 Å². The maximum atomic E-state index is 12.2. The molecule has 0 saturated heterocycles. The van der Waals surface area contributed by atoms with E-state index >= 15 is 0 Å². The van der Waals surface area contributed by atoms with E-state index in [1.165, 1.54) is 6.20 Å². The molecule has 0 bridgehead atoms. The van der Waals surface area contributed by atoms with Crippen molar-refractivity contribution in [2.75, 3.05) is 12.8 Å². The maximum Gasteiger partial charge on any atom is 0.256 e. The standard InChI is InChI=1S/C13H21N3O/c1-9(2)7-10(3)16(4)13(17)11-5-6-15-8-12(11)14/h5-6,8-10H,7,14H2,1-4H3. The zero-order chi connectivity index (χ0) is 13.0. The van der Waals surface area contributed by atoms with Crippen LogP contribution in [0.3, 0.4) is 0 Å². The van der Waals surface area contributed by atoms with Crippen molar-refractivity contribution in [3.8, 4) is 0 Å². The van der Waals surface area contributed by atoms with Gasteiger partial charge in [0, 0.05) is 19.3 Å². The zero-order valence-corrected chi connectivity index (χ0v) is 11.0. The highest BCUT2D eigenvalue weighted by molar-refractivity contribution is 5.98. The number of nitrogens with two attached hydrogens (primary N) is 1. The van der Waals surface area contributed by atoms with Gasteiger partial charge in [0.1, 0.15) is 0 Å². The Morgan fingerprint density at radius 3 is 2.65 bits per heavy atom. The van der Waals surface area contributed by atoms with E-state index in [1.807, 2.05) is 7.05 Å². The van der Waals surface area contributed by atoms with Crippen LogP contribution in [0, 0.1) is 5.92 Å². The lowest BCUT2D eigenvalue weighted by Crippen LogP contribution is -2.36. The van der Waals surface area contributed by atoms with Crippen LogP contribution in [-0.2, 0) is 0 Å². The zero-order valence-electron chi connectivity index (χ0n) is 11.0. The molecule has 0 aromatic carbocycles. The normalized spacial score (nSPS) is 12.5. The van der Waals surface area contributed by atoms with Crippen LogP contribution in [0.2, 0.25) is 0 Å². The van der Waals surface area contributed by atoms with Crippen LogP contribution < -0.4 is 5.73 Å². The van der Waals surface area contributed by atoms with Gasteiger partial charge in [-0.25, -0.2) is 0 Å². The van der Waals surface area contributed by atoms with Gasteiger partial charge in [0.2, 0.25) is 0 Å². The van der Waals surface area contributed by atoms with Gasteiger partial charge in [0.25, 0.3) is 5.91 Å². The molecule has 0 aliphatic carbocycles. The summed E-state index contributed by atoms with van der Waals surface area (Å²) in [5.41, 5.74) is 6.71. The van der Waals surface area contributed by atoms with E-state index in [0.717, 1.165) is 6.42 Å². The van der Waals surface area contributed by atoms with Crippen LogP contribution in [0.15, 0.2) is 18.5 Å². The first-order chi connectivity index (χ1) is 7.93. The molecule has 17 heavy (non-hydrogen) atoms. The molecule has 1 aromatic rings. The van der Waals surface area contributed by atoms with Crippen molar-refractivity contribution in [2.24, 2.45) is 5.92 Å². The molecule has 4 nitrogen and oxygen atoms in total. The minimum Gasteiger partial charge on any atom is -0.397 e. The molecule has 0 fully saturated rings. The van der Waals surface area contributed by atoms with Crippen molar-refractivity contribution in [1.82, 2.24) is 9.88 Å². The number of amides is 1. The first-order valence-electron chi connectivity index (χ1n) is 5.90. The van der Waals surface area contributed by atoms with Crippen molar-refractivity contribution in [2.45, 2.75) is 33.2 Å². The molecule has 0 saturated carbocycles. The van der Waals surface area contributed by atoms with Crippen molar-refractivity contribution in [3.05, 3.63) is 24.0 Å². The number of anilines is 1. The number of pyridine rings is 1. The molecule has 0 spiro atoms. The number of carbonyl (C=O) groups excluding carboxylic acids is 1. The second-order valence-corrected chi connectivity index (χ2v) is 4.86. The SMILES string of the molecule is CC(C)CC(C)N(C)C(=O)c1ccncc1N. The molecular formula is C13H21N3O. The minimum absolute atomic E-state index is 0.0435. The first-order valence-corrected chi connectivity index (χ1v) is 5.90. The molecule has 1 unspecified atom stereocenters. The van der Waals surface area contributed by atoms with Crippen LogP contribution >= 0.6 is 0 Å². The third kappa shape index (κ3) is 3.44. The molecule has 1 atom stereocenters. The van der Waals surface area contributed by atoms with Crippen LogP contribution in [0.4, 0.5) is 5.69 Å². The Bertz CT molecular complexity index is 390. The Hall–Kier alpha value is -1.58. The second kappa shape index (κ2) is 5.66. The lowest BCUT2D eigenvalue weighted by molar-refractivity contribution is 0.0729. The van der Waals surface area contributed by atoms with E-state index in [-0.39, 0.29) is 11.9 Å². The van der Waals surface area contributed by atoms with Gasteiger partial charge in [-0.2, -0.15) is 0 Å². The van der Waals surface area contributed by atoms with Crippen molar-refractivity contribution in [3.63, 3.8) is 0 Å². The van der Waals surface area contributed by atoms with Gasteiger partial charge >= 0.3 is 0 Å². The maximum absolute atomic E-state index is 12.2. The van der Waals surface area contributed by atoms with Crippen molar-refractivity contribution < 1.29 is 4.79 Å². The van der Waals surface area contributed by atoms with E-state index in [1.54, 1.807) is 17.2 Å². The number of nitrogen functional groups attached to an aromatic ring is 1. The molecule has 0 aliphatic rings. The van der Waals surface area contributed by atoms with Crippen molar-refractivity contribution >= 4 is 11.6 Å². The highest BCUT2D eigenvalue weighted by Gasteiger charge is 2.19. The third-order valence-corrected chi connectivity index (χ3v) is 2.88. The molecule has 1 aromatic heterocycles. The van der Waals surface area contributed by atoms with E-state index in [0.29, 0.717) is 17.2 Å². The van der Waals surface area contributed by atoms with E-state index in [2.05, 4.69) is 25.8 Å². The summed E-state index contributed by atoms with van der Waals surface area (Å²) < 4.78 is 0. The average molecular weight is 235 g/mol. The summed E-state index contributed by atoms with van der Waals surface area (Å²) >= 11 is 0. The minimum atomic E-state index is -0.0435. The quantitative estimate of drug-likeness (QED) is 0.870. The first kappa shape index (κ1) is 13.5. The Morgan fingerprint density at radius 2 is 2.12 bits per heavy atom. The summed E-state index contributed by atoms with van der Waals surface area (Å²) in [5.74, 6) is 0.521. The second-order valence-electron chi connectivity index (χ2n) is 4.86. The Labute approximate surface area is 103 Å². The number of aromatic nitrogens is 1. The average Bonchev–Trinajstić information content (AvgIpc) is 2.27. The smallest absolute Gasteiger partial charge is 0.256 e. The van der Waals surface area contributed by atoms with Gasteiger partial charge in [0.15, 0.2) is 0 Å². The summed E-state index contributed by atoms with van der Waals surface area (Å²) in [7, 11) is 1.81. The van der Waals surface area contributed by atoms with Crippen LogP contribution in [0.25, 0.3) is 0 Å². The molecule has 0 aliphatic heterocycles. The van der Waals surface area contributed by atoms with Crippen LogP contribution in [-0.4, -0.2) is 28.9 Å². The summed E-state index contributed by atoms with van der Waals surface area (Å²) in [6, 6.07) is 1.87. The number of hydrogen-bond acceptors (Lipinski definition) is 3. The fourth-order valence-corrected chi connectivity index (χ4v) is 1.83. The highest BCUT2D eigenvalue weighted by Crippen LogP contribution is 2.16. The molecular weight excluding hydrogens is 214 g/mol. The van der Waals surface area contributed by atoms with Crippen LogP contribution in [0.5, 0.6) is 0 Å². The highest BCUT2D eigenvalue weighted by atomic mass is 16.2. The topological polar surface area (TPSA) is 59.2 Å². The van der Waals surface area contributed by atoms with Gasteiger partial charge in [-0.15, -0.1) is 0 Å². The predicted molar refractivity (Wildman–Crippen MR) is 69.7 cm³/mol. The number of carbonyl (C=O) groups is 1. The molecule has 1 rings (SSSR count). The molecule has 4 heteroatoms. The molecule has 1 amide bonds. The molecule has 94 valence electrons. The number of nitrogens with zero attached hydrogens (tertiary/aromatic N) is 2. The van der Waals surface area contributed by atoms with Gasteiger partial charge in [0.05, 0.1) is 17.4 Å². The molecule has 1 heterocycles. The fourth-order valence-electron chi connectivity index (χ4n) is 1.83. The molecule has 0 radical (unpaired) electrons. The summed E-state index contributed by atoms with van der Waals surface area (Å²) in [6.45, 7) is 6.35. The largest absolute Gasteiger partial charge is 0.397 e. The van der Waals surface area contributed by atoms with Gasteiger partial charge in [-0.05, 0) is 25.3 Å². The van der Waals surface area contributed by atoms with Gasteiger partial charge in [-0.1, -0.05) is 13.8 Å². The monoisotopic (exact) mass is 235 g/mol. The third-order valence-electron chi connectivity index (χ3n) is 2.88. The number of hydrogen-bond donors (Lipinski definition) is 1. The Balaban J connectivity index is 2.80. The Morgan fingerprint density at radius 1 is 1.47 bits per heavy atom. The van der Waals surface area contributed by atoms with Crippen molar-refractivity contribution in [1.29, 1.82) is 0 Å². The van der Waals surface area contributed by atoms with Gasteiger partial charge in [-0.3, -0.25) is 9.78 Å². The summed E-state index contributed by atoms with van der Waals surface area (Å²) in [6.07, 6.45) is 4.08.